The Labute approximate surface area is 98.9 Å². The molecule has 2 heterocycles. The first-order valence-corrected chi connectivity index (χ1v) is 6.57. The molecule has 2 saturated heterocycles. The Bertz CT molecular complexity index is 200. The first-order valence-electron chi connectivity index (χ1n) is 6.57. The van der Waals surface area contributed by atoms with Crippen molar-refractivity contribution in [2.75, 3.05) is 52.5 Å². The Morgan fingerprint density at radius 1 is 1.25 bits per heavy atom. The van der Waals surface area contributed by atoms with Crippen molar-refractivity contribution in [2.45, 2.75) is 25.9 Å². The van der Waals surface area contributed by atoms with E-state index in [1.54, 1.807) is 0 Å². The Morgan fingerprint density at radius 2 is 1.94 bits per heavy atom. The summed E-state index contributed by atoms with van der Waals surface area (Å²) in [5, 5.41) is 3.35. The lowest BCUT2D eigenvalue weighted by Crippen LogP contribution is -2.62. The van der Waals surface area contributed by atoms with E-state index in [1.165, 1.54) is 39.3 Å². The van der Waals surface area contributed by atoms with Crippen molar-refractivity contribution in [2.24, 2.45) is 0 Å². The Balaban J connectivity index is 1.67. The summed E-state index contributed by atoms with van der Waals surface area (Å²) >= 11 is 0. The van der Waals surface area contributed by atoms with Gasteiger partial charge in [-0.2, -0.15) is 0 Å². The van der Waals surface area contributed by atoms with Gasteiger partial charge in [-0.1, -0.05) is 0 Å². The van der Waals surface area contributed by atoms with Crippen LogP contribution in [0.5, 0.6) is 0 Å². The van der Waals surface area contributed by atoms with Gasteiger partial charge in [-0.3, -0.25) is 9.80 Å². The van der Waals surface area contributed by atoms with Crippen molar-refractivity contribution in [1.82, 2.24) is 15.1 Å². The fraction of sp³-hybridized carbons (Fsp3) is 1.00. The maximum Gasteiger partial charge on any atom is 0.0619 e. The van der Waals surface area contributed by atoms with Crippen molar-refractivity contribution < 1.29 is 4.74 Å². The molecule has 4 nitrogen and oxygen atoms in total. The monoisotopic (exact) mass is 227 g/mol. The minimum Gasteiger partial charge on any atom is -0.380 e. The Morgan fingerprint density at radius 3 is 2.44 bits per heavy atom. The third kappa shape index (κ3) is 2.94. The normalized spacial score (nSPS) is 26.6. The van der Waals surface area contributed by atoms with Crippen LogP contribution in [0.1, 0.15) is 13.8 Å². The van der Waals surface area contributed by atoms with Gasteiger partial charge in [-0.05, 0) is 13.8 Å². The predicted octanol–water partition coefficient (Wildman–Crippen LogP) is 0.000800. The number of nitrogens with zero attached hydrogens (tertiary/aromatic N) is 2. The van der Waals surface area contributed by atoms with Crippen LogP contribution in [-0.2, 0) is 4.74 Å². The van der Waals surface area contributed by atoms with Crippen molar-refractivity contribution in [3.05, 3.63) is 0 Å². The lowest BCUT2D eigenvalue weighted by atomic mass is 10.1. The van der Waals surface area contributed by atoms with E-state index in [0.29, 0.717) is 6.04 Å². The zero-order chi connectivity index (χ0) is 11.4. The van der Waals surface area contributed by atoms with Crippen molar-refractivity contribution in [3.63, 3.8) is 0 Å². The molecule has 0 aliphatic carbocycles. The maximum absolute atomic E-state index is 5.49. The topological polar surface area (TPSA) is 27.7 Å². The Hall–Kier alpha value is -0.160. The molecule has 1 unspecified atom stereocenters. The SMILES string of the molecule is CCOCC(C)N1CCN(C2CNC2)CC1. The first kappa shape index (κ1) is 12.3. The molecule has 0 amide bonds. The molecule has 0 saturated carbocycles. The van der Waals surface area contributed by atoms with Crippen LogP contribution in [0.15, 0.2) is 0 Å². The van der Waals surface area contributed by atoms with E-state index in [1.807, 2.05) is 0 Å². The van der Waals surface area contributed by atoms with Gasteiger partial charge < -0.3 is 10.1 Å². The van der Waals surface area contributed by atoms with Crippen LogP contribution in [0.3, 0.4) is 0 Å². The average molecular weight is 227 g/mol. The van der Waals surface area contributed by atoms with Gasteiger partial charge in [0.05, 0.1) is 6.61 Å². The van der Waals surface area contributed by atoms with Gasteiger partial charge >= 0.3 is 0 Å². The van der Waals surface area contributed by atoms with Crippen molar-refractivity contribution in [1.29, 1.82) is 0 Å². The number of piperazine rings is 1. The van der Waals surface area contributed by atoms with Crippen LogP contribution >= 0.6 is 0 Å². The van der Waals surface area contributed by atoms with Crippen LogP contribution in [0, 0.1) is 0 Å². The zero-order valence-electron chi connectivity index (χ0n) is 10.6. The standard InChI is InChI=1S/C12H25N3O/c1-3-16-10-11(2)14-4-6-15(7-5-14)12-8-13-9-12/h11-13H,3-10H2,1-2H3. The summed E-state index contributed by atoms with van der Waals surface area (Å²) in [4.78, 5) is 5.18. The van der Waals surface area contributed by atoms with Gasteiger partial charge in [-0.25, -0.2) is 0 Å². The minimum atomic E-state index is 0.571. The largest absolute Gasteiger partial charge is 0.380 e. The summed E-state index contributed by atoms with van der Waals surface area (Å²) in [6.45, 7) is 13.3. The highest BCUT2D eigenvalue weighted by Gasteiger charge is 2.28. The molecule has 2 fully saturated rings. The molecule has 2 aliphatic heterocycles. The highest BCUT2D eigenvalue weighted by Crippen LogP contribution is 2.11. The summed E-state index contributed by atoms with van der Waals surface area (Å²) in [6, 6.07) is 1.38. The zero-order valence-corrected chi connectivity index (χ0v) is 10.6. The van der Waals surface area contributed by atoms with E-state index in [9.17, 15) is 0 Å². The van der Waals surface area contributed by atoms with E-state index in [-0.39, 0.29) is 0 Å². The molecule has 16 heavy (non-hydrogen) atoms. The summed E-state index contributed by atoms with van der Waals surface area (Å²) in [5.74, 6) is 0. The molecule has 2 rings (SSSR count). The molecule has 0 spiro atoms. The smallest absolute Gasteiger partial charge is 0.0619 e. The van der Waals surface area contributed by atoms with Gasteiger partial charge in [0.1, 0.15) is 0 Å². The molecule has 0 bridgehead atoms. The molecule has 2 aliphatic rings. The van der Waals surface area contributed by atoms with Crippen LogP contribution in [0.25, 0.3) is 0 Å². The highest BCUT2D eigenvalue weighted by atomic mass is 16.5. The second kappa shape index (κ2) is 5.96. The molecule has 1 atom stereocenters. The fourth-order valence-electron chi connectivity index (χ4n) is 2.47. The maximum atomic E-state index is 5.49. The van der Waals surface area contributed by atoms with Crippen LogP contribution in [0.4, 0.5) is 0 Å². The molecule has 4 heteroatoms. The fourth-order valence-corrected chi connectivity index (χ4v) is 2.47. The van der Waals surface area contributed by atoms with Crippen molar-refractivity contribution in [3.8, 4) is 0 Å². The van der Waals surface area contributed by atoms with E-state index in [2.05, 4.69) is 29.0 Å². The summed E-state index contributed by atoms with van der Waals surface area (Å²) < 4.78 is 5.49. The van der Waals surface area contributed by atoms with Gasteiger partial charge in [0.2, 0.25) is 0 Å². The average Bonchev–Trinajstić information content (AvgIpc) is 2.24. The molecular formula is C12H25N3O. The molecular weight excluding hydrogens is 202 g/mol. The van der Waals surface area contributed by atoms with E-state index in [4.69, 9.17) is 4.74 Å². The number of ether oxygens (including phenoxy) is 1. The number of hydrogen-bond donors (Lipinski definition) is 1. The van der Waals surface area contributed by atoms with Crippen LogP contribution < -0.4 is 5.32 Å². The number of nitrogens with one attached hydrogen (secondary N) is 1. The third-order valence-electron chi connectivity index (χ3n) is 3.81. The van der Waals surface area contributed by atoms with E-state index >= 15 is 0 Å². The van der Waals surface area contributed by atoms with Gasteiger partial charge in [0, 0.05) is 58.0 Å². The highest BCUT2D eigenvalue weighted by molar-refractivity contribution is 4.88. The first-order chi connectivity index (χ1) is 7.81. The Kier molecular flexibility index (Phi) is 4.58. The second-order valence-corrected chi connectivity index (χ2v) is 4.89. The molecule has 0 aromatic carbocycles. The predicted molar refractivity (Wildman–Crippen MR) is 65.8 cm³/mol. The van der Waals surface area contributed by atoms with Gasteiger partial charge in [-0.15, -0.1) is 0 Å². The lowest BCUT2D eigenvalue weighted by Gasteiger charge is -2.44. The van der Waals surface area contributed by atoms with Crippen molar-refractivity contribution >= 4 is 0 Å². The summed E-state index contributed by atoms with van der Waals surface area (Å²) in [7, 11) is 0. The third-order valence-corrected chi connectivity index (χ3v) is 3.81. The summed E-state index contributed by atoms with van der Waals surface area (Å²) in [6.07, 6.45) is 0. The van der Waals surface area contributed by atoms with E-state index < -0.39 is 0 Å². The molecule has 0 aromatic rings. The van der Waals surface area contributed by atoms with Crippen LogP contribution in [-0.4, -0.2) is 74.4 Å². The second-order valence-electron chi connectivity index (χ2n) is 4.89. The number of hydrogen-bond acceptors (Lipinski definition) is 4. The summed E-state index contributed by atoms with van der Waals surface area (Å²) in [5.41, 5.74) is 0. The molecule has 94 valence electrons. The molecule has 1 N–H and O–H groups in total. The quantitative estimate of drug-likeness (QED) is 0.715. The van der Waals surface area contributed by atoms with Gasteiger partial charge in [0.25, 0.3) is 0 Å². The minimum absolute atomic E-state index is 0.571. The lowest BCUT2D eigenvalue weighted by molar-refractivity contribution is 0.0229. The molecule has 0 aromatic heterocycles. The van der Waals surface area contributed by atoms with Gasteiger partial charge in [0.15, 0.2) is 0 Å². The number of rotatable bonds is 5. The molecule has 0 radical (unpaired) electrons. The van der Waals surface area contributed by atoms with E-state index in [0.717, 1.165) is 19.3 Å². The van der Waals surface area contributed by atoms with Crippen LogP contribution in [0.2, 0.25) is 0 Å².